The molecule has 1 saturated carbocycles. The largest absolute Gasteiger partial charge is 0.491 e. The lowest BCUT2D eigenvalue weighted by Crippen LogP contribution is -2.30. The number of rotatable bonds is 6. The van der Waals surface area contributed by atoms with Crippen LogP contribution in [0.4, 0.5) is 5.69 Å². The molecule has 0 bridgehead atoms. The highest BCUT2D eigenvalue weighted by atomic mass is 16.5. The van der Waals surface area contributed by atoms with Crippen LogP contribution in [0.25, 0.3) is 0 Å². The van der Waals surface area contributed by atoms with Crippen LogP contribution < -0.4 is 10.1 Å². The van der Waals surface area contributed by atoms with E-state index in [1.54, 1.807) is 0 Å². The van der Waals surface area contributed by atoms with Gasteiger partial charge in [0.25, 0.3) is 0 Å². The molecule has 0 aromatic heterocycles. The first-order valence-corrected chi connectivity index (χ1v) is 7.62. The molecule has 4 nitrogen and oxygen atoms in total. The minimum absolute atomic E-state index is 0.0525. The average Bonchev–Trinajstić information content (AvgIpc) is 3.23. The Hall–Kier alpha value is -1.26. The van der Waals surface area contributed by atoms with Crippen LogP contribution in [-0.2, 0) is 0 Å². The number of aliphatic hydroxyl groups is 1. The lowest BCUT2D eigenvalue weighted by Gasteiger charge is -2.20. The molecule has 4 heteroatoms. The quantitative estimate of drug-likeness (QED) is 0.835. The molecule has 1 aliphatic heterocycles. The highest BCUT2D eigenvalue weighted by Gasteiger charge is 2.38. The van der Waals surface area contributed by atoms with Gasteiger partial charge in [-0.15, -0.1) is 0 Å². The van der Waals surface area contributed by atoms with Gasteiger partial charge < -0.3 is 15.2 Å². The summed E-state index contributed by atoms with van der Waals surface area (Å²) in [7, 11) is 0. The number of hydrogen-bond acceptors (Lipinski definition) is 4. The Morgan fingerprint density at radius 1 is 1.30 bits per heavy atom. The normalized spacial score (nSPS) is 26.7. The molecule has 2 atom stereocenters. The zero-order valence-electron chi connectivity index (χ0n) is 12.1. The molecule has 2 fully saturated rings. The van der Waals surface area contributed by atoms with Crippen molar-refractivity contribution >= 4 is 5.69 Å². The maximum Gasteiger partial charge on any atom is 0.119 e. The van der Waals surface area contributed by atoms with Crippen molar-refractivity contribution in [3.05, 3.63) is 24.3 Å². The van der Waals surface area contributed by atoms with Crippen LogP contribution in [0, 0.1) is 0 Å². The second-order valence-corrected chi connectivity index (χ2v) is 5.95. The van der Waals surface area contributed by atoms with Gasteiger partial charge in [-0.1, -0.05) is 0 Å². The van der Waals surface area contributed by atoms with Gasteiger partial charge in [-0.25, -0.2) is 0 Å². The van der Waals surface area contributed by atoms with E-state index in [4.69, 9.17) is 9.84 Å². The van der Waals surface area contributed by atoms with Gasteiger partial charge in [0.1, 0.15) is 12.4 Å². The number of anilines is 1. The Kier molecular flexibility index (Phi) is 4.13. The van der Waals surface area contributed by atoms with Crippen LogP contribution >= 0.6 is 0 Å². The number of aliphatic hydroxyl groups excluding tert-OH is 1. The monoisotopic (exact) mass is 276 g/mol. The van der Waals surface area contributed by atoms with Gasteiger partial charge in [0, 0.05) is 30.4 Å². The van der Waals surface area contributed by atoms with Gasteiger partial charge in [0.2, 0.25) is 0 Å². The van der Waals surface area contributed by atoms with Gasteiger partial charge in [0.15, 0.2) is 0 Å². The van der Waals surface area contributed by atoms with Crippen molar-refractivity contribution in [1.29, 1.82) is 0 Å². The number of ether oxygens (including phenoxy) is 1. The van der Waals surface area contributed by atoms with Crippen molar-refractivity contribution in [3.63, 3.8) is 0 Å². The number of hydrogen-bond donors (Lipinski definition) is 2. The average molecular weight is 276 g/mol. The number of likely N-dealkylation sites (tertiary alicyclic amines) is 1. The molecule has 20 heavy (non-hydrogen) atoms. The van der Waals surface area contributed by atoms with Gasteiger partial charge in [-0.05, 0) is 50.5 Å². The summed E-state index contributed by atoms with van der Waals surface area (Å²) in [6.07, 6.45) is 3.99. The number of benzene rings is 1. The summed E-state index contributed by atoms with van der Waals surface area (Å²) >= 11 is 0. The van der Waals surface area contributed by atoms with E-state index in [1.807, 2.05) is 12.1 Å². The fourth-order valence-electron chi connectivity index (χ4n) is 3.12. The van der Waals surface area contributed by atoms with Gasteiger partial charge in [-0.3, -0.25) is 4.90 Å². The maximum atomic E-state index is 8.73. The Morgan fingerprint density at radius 3 is 2.70 bits per heavy atom. The molecule has 1 aromatic carbocycles. The molecule has 0 amide bonds. The summed E-state index contributed by atoms with van der Waals surface area (Å²) in [5.74, 6) is 0.809. The fraction of sp³-hybridized carbons (Fsp3) is 0.625. The van der Waals surface area contributed by atoms with E-state index in [2.05, 4.69) is 29.3 Å². The SMILES string of the molecule is CC1CC(Nc2ccc(OCCO)cc2)CN1C1CC1. The van der Waals surface area contributed by atoms with E-state index in [1.165, 1.54) is 19.3 Å². The van der Waals surface area contributed by atoms with Crippen LogP contribution in [-0.4, -0.2) is 47.9 Å². The van der Waals surface area contributed by atoms with E-state index in [-0.39, 0.29) is 6.61 Å². The van der Waals surface area contributed by atoms with E-state index >= 15 is 0 Å². The third kappa shape index (κ3) is 3.25. The maximum absolute atomic E-state index is 8.73. The van der Waals surface area contributed by atoms with Crippen molar-refractivity contribution in [2.45, 2.75) is 44.3 Å². The standard InChI is InChI=1S/C16H24N2O2/c1-12-10-14(11-18(12)15-4-5-15)17-13-2-6-16(7-3-13)20-9-8-19/h2-3,6-7,12,14-15,17,19H,4-5,8-11H2,1H3. The van der Waals surface area contributed by atoms with E-state index in [9.17, 15) is 0 Å². The highest BCUT2D eigenvalue weighted by Crippen LogP contribution is 2.34. The van der Waals surface area contributed by atoms with Crippen molar-refractivity contribution < 1.29 is 9.84 Å². The Labute approximate surface area is 120 Å². The van der Waals surface area contributed by atoms with Crippen LogP contribution in [0.3, 0.4) is 0 Å². The summed E-state index contributed by atoms with van der Waals surface area (Å²) in [5.41, 5.74) is 1.15. The first-order chi connectivity index (χ1) is 9.76. The molecule has 2 N–H and O–H groups in total. The minimum atomic E-state index is 0.0525. The van der Waals surface area contributed by atoms with Crippen molar-refractivity contribution in [2.75, 3.05) is 25.1 Å². The Morgan fingerprint density at radius 2 is 2.05 bits per heavy atom. The van der Waals surface area contributed by atoms with E-state index < -0.39 is 0 Å². The van der Waals surface area contributed by atoms with Gasteiger partial charge in [-0.2, -0.15) is 0 Å². The fourth-order valence-corrected chi connectivity index (χ4v) is 3.12. The first kappa shape index (κ1) is 13.7. The molecular weight excluding hydrogens is 252 g/mol. The number of nitrogens with one attached hydrogen (secondary N) is 1. The highest BCUT2D eigenvalue weighted by molar-refractivity contribution is 5.47. The van der Waals surface area contributed by atoms with Gasteiger partial charge in [0.05, 0.1) is 6.61 Å². The third-order valence-electron chi connectivity index (χ3n) is 4.22. The predicted molar refractivity (Wildman–Crippen MR) is 80.2 cm³/mol. The third-order valence-corrected chi connectivity index (χ3v) is 4.22. The van der Waals surface area contributed by atoms with E-state index in [0.29, 0.717) is 18.7 Å². The smallest absolute Gasteiger partial charge is 0.119 e. The second kappa shape index (κ2) is 6.02. The summed E-state index contributed by atoms with van der Waals surface area (Å²) in [4.78, 5) is 2.65. The molecule has 1 aliphatic carbocycles. The minimum Gasteiger partial charge on any atom is -0.491 e. The molecule has 1 aromatic rings. The van der Waals surface area contributed by atoms with Crippen LogP contribution in [0.5, 0.6) is 5.75 Å². The molecular formula is C16H24N2O2. The summed E-state index contributed by atoms with van der Waals surface area (Å²) in [6.45, 7) is 3.90. The zero-order valence-corrected chi connectivity index (χ0v) is 12.1. The first-order valence-electron chi connectivity index (χ1n) is 7.62. The van der Waals surface area contributed by atoms with E-state index in [0.717, 1.165) is 24.0 Å². The molecule has 2 unspecified atom stereocenters. The molecule has 1 saturated heterocycles. The zero-order chi connectivity index (χ0) is 13.9. The summed E-state index contributed by atoms with van der Waals surface area (Å²) < 4.78 is 5.37. The van der Waals surface area contributed by atoms with Crippen LogP contribution in [0.15, 0.2) is 24.3 Å². The lowest BCUT2D eigenvalue weighted by molar-refractivity contribution is 0.201. The molecule has 0 spiro atoms. The molecule has 1 heterocycles. The number of nitrogens with zero attached hydrogens (tertiary/aromatic N) is 1. The molecule has 0 radical (unpaired) electrons. The predicted octanol–water partition coefficient (Wildman–Crippen LogP) is 2.09. The second-order valence-electron chi connectivity index (χ2n) is 5.95. The van der Waals surface area contributed by atoms with Crippen molar-refractivity contribution in [3.8, 4) is 5.75 Å². The summed E-state index contributed by atoms with van der Waals surface area (Å²) in [6, 6.07) is 10.1. The Bertz CT molecular complexity index is 431. The Balaban J connectivity index is 1.52. The van der Waals surface area contributed by atoms with Crippen molar-refractivity contribution in [1.82, 2.24) is 4.90 Å². The summed E-state index contributed by atoms with van der Waals surface area (Å²) in [5, 5.41) is 12.4. The van der Waals surface area contributed by atoms with Crippen molar-refractivity contribution in [2.24, 2.45) is 0 Å². The van der Waals surface area contributed by atoms with Crippen LogP contribution in [0.2, 0.25) is 0 Å². The molecule has 3 rings (SSSR count). The van der Waals surface area contributed by atoms with Gasteiger partial charge >= 0.3 is 0 Å². The van der Waals surface area contributed by atoms with Crippen LogP contribution in [0.1, 0.15) is 26.2 Å². The lowest BCUT2D eigenvalue weighted by atomic mass is 10.2. The topological polar surface area (TPSA) is 44.7 Å². The molecule has 110 valence electrons. The molecule has 2 aliphatic rings.